The van der Waals surface area contributed by atoms with Gasteiger partial charge in [0, 0.05) is 25.5 Å². The number of likely N-dealkylation sites (N-methyl/N-ethyl adjacent to an activating group) is 1. The van der Waals surface area contributed by atoms with Crippen LogP contribution < -0.4 is 0 Å². The molecule has 0 saturated heterocycles. The first-order valence-corrected chi connectivity index (χ1v) is 8.04. The molecule has 0 radical (unpaired) electrons. The first-order chi connectivity index (χ1) is 10.4. The normalized spacial score (nSPS) is 17.4. The number of carbonyl (C=O) groups is 1. The quantitative estimate of drug-likeness (QED) is 0.811. The summed E-state index contributed by atoms with van der Waals surface area (Å²) >= 11 is 11.9. The van der Waals surface area contributed by atoms with Crippen molar-refractivity contribution in [2.45, 2.75) is 32.8 Å². The fraction of sp³-hybridized carbons (Fsp3) is 0.500. The second kappa shape index (κ2) is 7.34. The molecule has 0 N–H and O–H groups in total. The zero-order chi connectivity index (χ0) is 16.3. The van der Waals surface area contributed by atoms with Crippen molar-refractivity contribution in [3.05, 3.63) is 33.8 Å². The molecule has 0 fully saturated rings. The lowest BCUT2D eigenvalue weighted by molar-refractivity contribution is -0.132. The Morgan fingerprint density at radius 1 is 1.41 bits per heavy atom. The lowest BCUT2D eigenvalue weighted by Gasteiger charge is -2.20. The van der Waals surface area contributed by atoms with Gasteiger partial charge >= 0.3 is 0 Å². The fourth-order valence-electron chi connectivity index (χ4n) is 2.28. The van der Waals surface area contributed by atoms with Gasteiger partial charge in [0.25, 0.3) is 0 Å². The zero-order valence-corrected chi connectivity index (χ0v) is 14.5. The van der Waals surface area contributed by atoms with Gasteiger partial charge in [0.2, 0.25) is 5.91 Å². The van der Waals surface area contributed by atoms with E-state index >= 15 is 0 Å². The van der Waals surface area contributed by atoms with E-state index in [0.717, 1.165) is 11.3 Å². The predicted octanol–water partition coefficient (Wildman–Crippen LogP) is 3.99. The van der Waals surface area contributed by atoms with Gasteiger partial charge in [0.05, 0.1) is 22.3 Å². The van der Waals surface area contributed by atoms with Crippen LogP contribution in [0.3, 0.4) is 0 Å². The Hall–Kier alpha value is -1.26. The first kappa shape index (κ1) is 17.1. The van der Waals surface area contributed by atoms with Crippen molar-refractivity contribution in [2.75, 3.05) is 13.6 Å². The minimum Gasteiger partial charge on any atom is -0.390 e. The molecular weight excluding hydrogens is 323 g/mol. The van der Waals surface area contributed by atoms with E-state index in [2.05, 4.69) is 5.16 Å². The minimum atomic E-state index is -0.120. The average molecular weight is 343 g/mol. The molecule has 1 aliphatic heterocycles. The highest BCUT2D eigenvalue weighted by atomic mass is 35.5. The van der Waals surface area contributed by atoms with Gasteiger partial charge in [0.15, 0.2) is 6.10 Å². The second-order valence-electron chi connectivity index (χ2n) is 5.97. The number of nitrogens with zero attached hydrogens (tertiary/aromatic N) is 2. The molecular formula is C16H20Cl2N2O2. The maximum Gasteiger partial charge on any atom is 0.222 e. The van der Waals surface area contributed by atoms with E-state index in [4.69, 9.17) is 28.0 Å². The third kappa shape index (κ3) is 4.37. The molecule has 0 bridgehead atoms. The second-order valence-corrected chi connectivity index (χ2v) is 6.79. The van der Waals surface area contributed by atoms with Gasteiger partial charge in [-0.15, -0.1) is 0 Å². The Kier molecular flexibility index (Phi) is 5.70. The molecule has 1 atom stereocenters. The smallest absolute Gasteiger partial charge is 0.222 e. The highest BCUT2D eigenvalue weighted by Crippen LogP contribution is 2.25. The third-order valence-electron chi connectivity index (χ3n) is 3.47. The predicted molar refractivity (Wildman–Crippen MR) is 89.6 cm³/mol. The Balaban J connectivity index is 1.91. The van der Waals surface area contributed by atoms with E-state index in [1.807, 2.05) is 19.9 Å². The van der Waals surface area contributed by atoms with E-state index in [1.165, 1.54) is 0 Å². The van der Waals surface area contributed by atoms with E-state index in [1.54, 1.807) is 24.1 Å². The van der Waals surface area contributed by atoms with Crippen LogP contribution in [0.15, 0.2) is 23.4 Å². The molecule has 22 heavy (non-hydrogen) atoms. The number of benzene rings is 1. The van der Waals surface area contributed by atoms with Crippen LogP contribution in [0.4, 0.5) is 0 Å². The van der Waals surface area contributed by atoms with Crippen LogP contribution in [0.2, 0.25) is 10.0 Å². The fourth-order valence-corrected chi connectivity index (χ4v) is 2.58. The van der Waals surface area contributed by atoms with Crippen molar-refractivity contribution in [2.24, 2.45) is 11.1 Å². The Morgan fingerprint density at radius 3 is 2.77 bits per heavy atom. The lowest BCUT2D eigenvalue weighted by atomic mass is 10.0. The summed E-state index contributed by atoms with van der Waals surface area (Å²) in [4.78, 5) is 19.1. The Morgan fingerprint density at radius 2 is 2.14 bits per heavy atom. The van der Waals surface area contributed by atoms with Gasteiger partial charge in [-0.2, -0.15) is 0 Å². The van der Waals surface area contributed by atoms with Crippen LogP contribution >= 0.6 is 23.2 Å². The minimum absolute atomic E-state index is 0.120. The topological polar surface area (TPSA) is 41.9 Å². The van der Waals surface area contributed by atoms with E-state index < -0.39 is 0 Å². The van der Waals surface area contributed by atoms with Crippen molar-refractivity contribution in [3.8, 4) is 0 Å². The molecule has 6 heteroatoms. The molecule has 2 rings (SSSR count). The van der Waals surface area contributed by atoms with Crippen LogP contribution in [0.1, 0.15) is 32.3 Å². The number of carbonyl (C=O) groups excluding carboxylic acids is 1. The highest BCUT2D eigenvalue weighted by molar-refractivity contribution is 6.42. The van der Waals surface area contributed by atoms with Crippen molar-refractivity contribution in [3.63, 3.8) is 0 Å². The standard InChI is InChI=1S/C16H20Cl2N2O2/c1-10(2)6-16(21)20(3)9-12-8-15(19-22-12)11-4-5-13(17)14(18)7-11/h4-5,7,10,12H,6,8-9H2,1-3H3. The third-order valence-corrected chi connectivity index (χ3v) is 4.21. The Labute approximate surface area is 141 Å². The molecule has 1 heterocycles. The van der Waals surface area contributed by atoms with E-state index in [-0.39, 0.29) is 12.0 Å². The number of hydrogen-bond donors (Lipinski definition) is 0. The summed E-state index contributed by atoms with van der Waals surface area (Å²) in [7, 11) is 1.80. The highest BCUT2D eigenvalue weighted by Gasteiger charge is 2.25. The number of hydrogen-bond acceptors (Lipinski definition) is 3. The first-order valence-electron chi connectivity index (χ1n) is 7.29. The summed E-state index contributed by atoms with van der Waals surface area (Å²) in [5.74, 6) is 0.476. The molecule has 0 spiro atoms. The van der Waals surface area contributed by atoms with E-state index in [9.17, 15) is 4.79 Å². The molecule has 1 aromatic carbocycles. The molecule has 1 unspecified atom stereocenters. The van der Waals surface area contributed by atoms with Crippen molar-refractivity contribution in [1.82, 2.24) is 4.90 Å². The SMILES string of the molecule is CC(C)CC(=O)N(C)CC1CC(c2ccc(Cl)c(Cl)c2)=NO1. The van der Waals surface area contributed by atoms with Crippen LogP contribution in [0, 0.1) is 5.92 Å². The Bertz CT molecular complexity index is 588. The molecule has 1 amide bonds. The maximum atomic E-state index is 12.0. The average Bonchev–Trinajstić information content (AvgIpc) is 2.89. The van der Waals surface area contributed by atoms with Crippen LogP contribution in [-0.4, -0.2) is 36.2 Å². The van der Waals surface area contributed by atoms with Gasteiger partial charge < -0.3 is 9.74 Å². The molecule has 0 saturated carbocycles. The van der Waals surface area contributed by atoms with Crippen LogP contribution in [-0.2, 0) is 9.63 Å². The van der Waals surface area contributed by atoms with Gasteiger partial charge in [-0.3, -0.25) is 4.79 Å². The van der Waals surface area contributed by atoms with Gasteiger partial charge in [-0.25, -0.2) is 0 Å². The molecule has 120 valence electrons. The number of oxime groups is 1. The molecule has 1 aromatic rings. The van der Waals surface area contributed by atoms with Gasteiger partial charge in [0.1, 0.15) is 0 Å². The summed E-state index contributed by atoms with van der Waals surface area (Å²) in [5, 5.41) is 5.12. The van der Waals surface area contributed by atoms with Gasteiger partial charge in [-0.05, 0) is 18.1 Å². The summed E-state index contributed by atoms with van der Waals surface area (Å²) in [6, 6.07) is 5.39. The van der Waals surface area contributed by atoms with Crippen LogP contribution in [0.5, 0.6) is 0 Å². The van der Waals surface area contributed by atoms with Crippen molar-refractivity contribution < 1.29 is 9.63 Å². The summed E-state index contributed by atoms with van der Waals surface area (Å²) in [6.07, 6.45) is 1.08. The molecule has 4 nitrogen and oxygen atoms in total. The molecule has 0 aliphatic carbocycles. The maximum absolute atomic E-state index is 12.0. The van der Waals surface area contributed by atoms with Crippen molar-refractivity contribution >= 4 is 34.8 Å². The zero-order valence-electron chi connectivity index (χ0n) is 13.0. The van der Waals surface area contributed by atoms with Gasteiger partial charge in [-0.1, -0.05) is 48.3 Å². The van der Waals surface area contributed by atoms with Crippen LogP contribution in [0.25, 0.3) is 0 Å². The summed E-state index contributed by atoms with van der Waals surface area (Å²) < 4.78 is 0. The number of rotatable bonds is 5. The number of halogens is 2. The number of amides is 1. The summed E-state index contributed by atoms with van der Waals surface area (Å²) in [5.41, 5.74) is 1.72. The lowest BCUT2D eigenvalue weighted by Crippen LogP contribution is -2.35. The van der Waals surface area contributed by atoms with Crippen molar-refractivity contribution in [1.29, 1.82) is 0 Å². The largest absolute Gasteiger partial charge is 0.390 e. The summed E-state index contributed by atoms with van der Waals surface area (Å²) in [6.45, 7) is 4.59. The monoisotopic (exact) mass is 342 g/mol. The molecule has 0 aromatic heterocycles. The van der Waals surface area contributed by atoms with E-state index in [0.29, 0.717) is 35.3 Å². The molecule has 1 aliphatic rings.